The zero-order valence-corrected chi connectivity index (χ0v) is 12.5. The summed E-state index contributed by atoms with van der Waals surface area (Å²) in [5.41, 5.74) is -1.33. The lowest BCUT2D eigenvalue weighted by Gasteiger charge is -2.01. The molecule has 0 aliphatic carbocycles. The monoisotopic (exact) mass is 353 g/mol. The number of hydrogen-bond donors (Lipinski definition) is 0. The molecule has 24 heavy (non-hydrogen) atoms. The quantitative estimate of drug-likeness (QED) is 0.460. The van der Waals surface area contributed by atoms with Gasteiger partial charge >= 0.3 is 0 Å². The summed E-state index contributed by atoms with van der Waals surface area (Å²) in [5, 5.41) is 21.6. The van der Waals surface area contributed by atoms with Gasteiger partial charge in [-0.25, -0.2) is 4.39 Å². The van der Waals surface area contributed by atoms with Gasteiger partial charge in [-0.2, -0.15) is 12.8 Å². The molecule has 9 nitrogen and oxygen atoms in total. The van der Waals surface area contributed by atoms with Crippen molar-refractivity contribution in [3.63, 3.8) is 0 Å². The molecule has 0 amide bonds. The van der Waals surface area contributed by atoms with Crippen molar-refractivity contribution in [3.05, 3.63) is 74.1 Å². The molecule has 124 valence electrons. The molecule has 2 rings (SSSR count). The molecule has 0 aliphatic heterocycles. The summed E-state index contributed by atoms with van der Waals surface area (Å²) in [5.74, 6) is -0.527. The fourth-order valence-corrected chi connectivity index (χ4v) is 2.73. The minimum absolute atomic E-state index is 0.254. The van der Waals surface area contributed by atoms with Gasteiger partial charge in [-0.15, -0.1) is 0 Å². The Kier molecular flexibility index (Phi) is 4.64. The summed E-state index contributed by atoms with van der Waals surface area (Å²) in [6.45, 7) is 0. The predicted octanol–water partition coefficient (Wildman–Crippen LogP) is 2.45. The van der Waals surface area contributed by atoms with E-state index in [2.05, 4.69) is 4.40 Å². The lowest BCUT2D eigenvalue weighted by Crippen LogP contribution is -2.04. The minimum Gasteiger partial charge on any atom is -0.258 e. The number of nitrogens with zero attached hydrogens (tertiary/aromatic N) is 3. The maximum Gasteiger partial charge on any atom is 0.296 e. The van der Waals surface area contributed by atoms with E-state index in [1.807, 2.05) is 0 Å². The van der Waals surface area contributed by atoms with Gasteiger partial charge in [0.15, 0.2) is 4.90 Å². The van der Waals surface area contributed by atoms with Crippen molar-refractivity contribution >= 4 is 27.6 Å². The predicted molar refractivity (Wildman–Crippen MR) is 80.9 cm³/mol. The zero-order valence-electron chi connectivity index (χ0n) is 11.7. The molecule has 0 aromatic heterocycles. The lowest BCUT2D eigenvalue weighted by molar-refractivity contribution is -0.396. The first-order chi connectivity index (χ1) is 11.2. The Bertz CT molecular complexity index is 941. The highest BCUT2D eigenvalue weighted by Gasteiger charge is 2.27. The number of rotatable bonds is 5. The second-order valence-electron chi connectivity index (χ2n) is 4.43. The van der Waals surface area contributed by atoms with Crippen molar-refractivity contribution in [2.24, 2.45) is 4.40 Å². The maximum atomic E-state index is 12.8. The number of nitro groups is 2. The molecule has 0 saturated heterocycles. The summed E-state index contributed by atoms with van der Waals surface area (Å²) in [6.07, 6.45) is 0.889. The highest BCUT2D eigenvalue weighted by atomic mass is 32.2. The molecule has 0 atom stereocenters. The van der Waals surface area contributed by atoms with Crippen LogP contribution in [0.25, 0.3) is 0 Å². The van der Waals surface area contributed by atoms with Gasteiger partial charge < -0.3 is 0 Å². The summed E-state index contributed by atoms with van der Waals surface area (Å²) in [4.78, 5) is 18.9. The second kappa shape index (κ2) is 6.50. The Balaban J connectivity index is 2.47. The number of nitro benzene ring substituents is 2. The third-order valence-electron chi connectivity index (χ3n) is 2.84. The Labute approximate surface area is 134 Å². The van der Waals surface area contributed by atoms with Crippen LogP contribution < -0.4 is 0 Å². The van der Waals surface area contributed by atoms with E-state index in [9.17, 15) is 33.0 Å². The van der Waals surface area contributed by atoms with Crippen molar-refractivity contribution in [2.45, 2.75) is 4.90 Å². The van der Waals surface area contributed by atoms with Gasteiger partial charge in [-0.1, -0.05) is 12.1 Å². The van der Waals surface area contributed by atoms with Gasteiger partial charge in [0, 0.05) is 12.3 Å². The average Bonchev–Trinajstić information content (AvgIpc) is 2.53. The van der Waals surface area contributed by atoms with E-state index in [0.29, 0.717) is 6.07 Å². The van der Waals surface area contributed by atoms with Crippen molar-refractivity contribution in [2.75, 3.05) is 0 Å². The fourth-order valence-electron chi connectivity index (χ4n) is 1.72. The molecule has 0 radical (unpaired) electrons. The molecule has 0 saturated carbocycles. The van der Waals surface area contributed by atoms with E-state index in [-0.39, 0.29) is 5.56 Å². The first-order valence-corrected chi connectivity index (χ1v) is 7.63. The van der Waals surface area contributed by atoms with Crippen molar-refractivity contribution < 1.29 is 22.7 Å². The topological polar surface area (TPSA) is 133 Å². The van der Waals surface area contributed by atoms with Gasteiger partial charge in [-0.05, 0) is 23.8 Å². The molecule has 0 bridgehead atoms. The van der Waals surface area contributed by atoms with Crippen molar-refractivity contribution in [1.82, 2.24) is 0 Å². The van der Waals surface area contributed by atoms with Gasteiger partial charge in [0.05, 0.1) is 15.9 Å². The van der Waals surface area contributed by atoms with Crippen LogP contribution in [0.5, 0.6) is 0 Å². The molecule has 2 aromatic carbocycles. The van der Waals surface area contributed by atoms with Crippen LogP contribution >= 0.6 is 0 Å². The Morgan fingerprint density at radius 3 is 2.17 bits per heavy atom. The van der Waals surface area contributed by atoms with Gasteiger partial charge in [0.2, 0.25) is 0 Å². The van der Waals surface area contributed by atoms with E-state index in [1.165, 1.54) is 12.1 Å². The third kappa shape index (κ3) is 3.76. The van der Waals surface area contributed by atoms with Crippen LogP contribution in [0, 0.1) is 26.0 Å². The van der Waals surface area contributed by atoms with E-state index in [1.54, 1.807) is 0 Å². The Hall–Kier alpha value is -3.21. The second-order valence-corrected chi connectivity index (χ2v) is 6.03. The Morgan fingerprint density at radius 1 is 1.00 bits per heavy atom. The van der Waals surface area contributed by atoms with Crippen LogP contribution in [-0.4, -0.2) is 24.5 Å². The summed E-state index contributed by atoms with van der Waals surface area (Å²) < 4.78 is 40.3. The number of benzene rings is 2. The highest BCUT2D eigenvalue weighted by Crippen LogP contribution is 2.29. The normalized spacial score (nSPS) is 11.5. The third-order valence-corrected chi connectivity index (χ3v) is 4.12. The molecular formula is C13H8FN3O6S. The SMILES string of the molecule is O=[N+]([O-])c1ccc(S(=O)(=O)/N=C/c2ccc(F)cc2)c([N+](=O)[O-])c1. The molecule has 2 aromatic rings. The molecule has 0 spiro atoms. The average molecular weight is 353 g/mol. The lowest BCUT2D eigenvalue weighted by atomic mass is 10.2. The highest BCUT2D eigenvalue weighted by molar-refractivity contribution is 7.90. The Morgan fingerprint density at radius 2 is 1.62 bits per heavy atom. The molecule has 0 N–H and O–H groups in total. The first-order valence-electron chi connectivity index (χ1n) is 6.19. The van der Waals surface area contributed by atoms with Gasteiger partial charge in [0.1, 0.15) is 5.82 Å². The standard InChI is InChI=1S/C13H8FN3O6S/c14-10-3-1-9(2-4-10)8-15-24(22,23)13-6-5-11(16(18)19)7-12(13)17(20)21/h1-8H/b15-8+. The number of non-ortho nitro benzene ring substituents is 1. The smallest absolute Gasteiger partial charge is 0.258 e. The molecule has 0 aliphatic rings. The van der Waals surface area contributed by atoms with E-state index in [0.717, 1.165) is 30.5 Å². The number of sulfonamides is 1. The summed E-state index contributed by atoms with van der Waals surface area (Å²) in [7, 11) is -4.48. The largest absolute Gasteiger partial charge is 0.296 e. The molecule has 0 unspecified atom stereocenters. The van der Waals surface area contributed by atoms with Crippen LogP contribution in [0.3, 0.4) is 0 Å². The summed E-state index contributed by atoms with van der Waals surface area (Å²) in [6, 6.07) is 6.81. The van der Waals surface area contributed by atoms with Crippen LogP contribution in [-0.2, 0) is 10.0 Å². The van der Waals surface area contributed by atoms with Crippen LogP contribution in [0.4, 0.5) is 15.8 Å². The van der Waals surface area contributed by atoms with E-state index >= 15 is 0 Å². The van der Waals surface area contributed by atoms with E-state index < -0.39 is 42.0 Å². The van der Waals surface area contributed by atoms with E-state index in [4.69, 9.17) is 0 Å². The molecule has 11 heteroatoms. The van der Waals surface area contributed by atoms with Crippen LogP contribution in [0.1, 0.15) is 5.56 Å². The fraction of sp³-hybridized carbons (Fsp3) is 0. The molecular weight excluding hydrogens is 345 g/mol. The number of halogens is 1. The van der Waals surface area contributed by atoms with Crippen molar-refractivity contribution in [3.8, 4) is 0 Å². The minimum atomic E-state index is -4.48. The van der Waals surface area contributed by atoms with Gasteiger partial charge in [-0.3, -0.25) is 20.2 Å². The first kappa shape index (κ1) is 17.1. The zero-order chi connectivity index (χ0) is 17.9. The van der Waals surface area contributed by atoms with Crippen LogP contribution in [0.15, 0.2) is 51.8 Å². The molecule has 0 heterocycles. The van der Waals surface area contributed by atoms with Crippen LogP contribution in [0.2, 0.25) is 0 Å². The molecule has 0 fully saturated rings. The maximum absolute atomic E-state index is 12.8. The summed E-state index contributed by atoms with van der Waals surface area (Å²) >= 11 is 0. The van der Waals surface area contributed by atoms with Gasteiger partial charge in [0.25, 0.3) is 21.4 Å². The van der Waals surface area contributed by atoms with Crippen molar-refractivity contribution in [1.29, 1.82) is 0 Å². The number of hydrogen-bond acceptors (Lipinski definition) is 6.